The first-order valence-corrected chi connectivity index (χ1v) is 11.8. The minimum absolute atomic E-state index is 0.0156. The van der Waals surface area contributed by atoms with Gasteiger partial charge in [-0.25, -0.2) is 27.8 Å². The lowest BCUT2D eigenvalue weighted by atomic mass is 9.95. The van der Waals surface area contributed by atoms with Gasteiger partial charge in [-0.05, 0) is 44.0 Å². The lowest BCUT2D eigenvalue weighted by Crippen LogP contribution is -2.26. The van der Waals surface area contributed by atoms with Gasteiger partial charge in [-0.3, -0.25) is 9.59 Å². The summed E-state index contributed by atoms with van der Waals surface area (Å²) in [7, 11) is 0. The number of allylic oxidation sites excluding steroid dienone is 4. The number of halogens is 3. The number of unbranched alkanes of at least 4 members (excludes halogenated alkanes) is 1. The summed E-state index contributed by atoms with van der Waals surface area (Å²) < 4.78 is 41.9. The molecule has 0 radical (unpaired) electrons. The van der Waals surface area contributed by atoms with Gasteiger partial charge in [0, 0.05) is 42.1 Å². The van der Waals surface area contributed by atoms with Crippen LogP contribution in [-0.2, 0) is 6.54 Å². The third-order valence-corrected chi connectivity index (χ3v) is 5.79. The van der Waals surface area contributed by atoms with Crippen LogP contribution in [0, 0.1) is 23.4 Å². The summed E-state index contributed by atoms with van der Waals surface area (Å²) in [6, 6.07) is 4.24. The highest BCUT2D eigenvalue weighted by atomic mass is 19.2. The van der Waals surface area contributed by atoms with Crippen LogP contribution in [0.25, 0.3) is 16.8 Å². The van der Waals surface area contributed by atoms with E-state index >= 15 is 0 Å². The van der Waals surface area contributed by atoms with E-state index in [1.54, 1.807) is 0 Å². The van der Waals surface area contributed by atoms with E-state index in [4.69, 9.17) is 5.73 Å². The Morgan fingerprint density at radius 2 is 1.84 bits per heavy atom. The molecule has 192 valence electrons. The topological polar surface area (TPSA) is 116 Å². The van der Waals surface area contributed by atoms with Crippen molar-refractivity contribution in [2.24, 2.45) is 11.7 Å². The molecule has 0 spiro atoms. The van der Waals surface area contributed by atoms with Crippen LogP contribution in [-0.4, -0.2) is 38.7 Å². The second kappa shape index (κ2) is 11.7. The summed E-state index contributed by atoms with van der Waals surface area (Å²) in [5, 5.41) is 7.02. The van der Waals surface area contributed by atoms with Gasteiger partial charge < -0.3 is 11.1 Å². The predicted octanol–water partition coefficient (Wildman–Crippen LogP) is 3.25. The number of hydrogen-bond donors (Lipinski definition) is 2. The molecule has 2 aromatic heterocycles. The first-order valence-electron chi connectivity index (χ1n) is 11.8. The minimum atomic E-state index is -1.57. The predicted molar refractivity (Wildman–Crippen MR) is 132 cm³/mol. The number of amides is 1. The first-order chi connectivity index (χ1) is 17.9. The van der Waals surface area contributed by atoms with Crippen molar-refractivity contribution in [1.29, 1.82) is 0 Å². The molecule has 0 saturated carbocycles. The van der Waals surface area contributed by atoms with Gasteiger partial charge in [0.15, 0.2) is 23.3 Å². The van der Waals surface area contributed by atoms with E-state index in [-0.39, 0.29) is 29.6 Å². The quantitative estimate of drug-likeness (QED) is 0.337. The summed E-state index contributed by atoms with van der Waals surface area (Å²) in [4.78, 5) is 33.2. The average molecular weight is 511 g/mol. The van der Waals surface area contributed by atoms with Crippen molar-refractivity contribution in [3.63, 3.8) is 0 Å². The van der Waals surface area contributed by atoms with Crippen molar-refractivity contribution in [3.8, 4) is 11.3 Å². The van der Waals surface area contributed by atoms with Crippen molar-refractivity contribution in [3.05, 3.63) is 94.1 Å². The number of aromatic nitrogens is 4. The fourth-order valence-corrected chi connectivity index (χ4v) is 3.85. The summed E-state index contributed by atoms with van der Waals surface area (Å²) in [6.45, 7) is 1.28. The molecule has 0 fully saturated rings. The lowest BCUT2D eigenvalue weighted by Gasteiger charge is -2.17. The van der Waals surface area contributed by atoms with Gasteiger partial charge in [0.1, 0.15) is 0 Å². The molecular formula is C26H25F3N6O2. The Morgan fingerprint density at radius 1 is 1.11 bits per heavy atom. The molecule has 3 N–H and O–H groups in total. The van der Waals surface area contributed by atoms with E-state index in [0.29, 0.717) is 30.9 Å². The first kappa shape index (κ1) is 26.0. The van der Waals surface area contributed by atoms with Crippen LogP contribution >= 0.6 is 0 Å². The summed E-state index contributed by atoms with van der Waals surface area (Å²) >= 11 is 0. The highest BCUT2D eigenvalue weighted by molar-refractivity contribution is 5.93. The SMILES string of the molecule is NCCCCNC(=O)c1cnc(C2=CC(Cn3nc(-c4cc(F)c(F)c(F)c4)ccc3=O)CC=C2)nc1. The van der Waals surface area contributed by atoms with Crippen molar-refractivity contribution in [2.75, 3.05) is 13.1 Å². The zero-order valence-electron chi connectivity index (χ0n) is 19.8. The van der Waals surface area contributed by atoms with Crippen molar-refractivity contribution >= 4 is 11.5 Å². The van der Waals surface area contributed by atoms with E-state index < -0.39 is 23.0 Å². The Balaban J connectivity index is 1.48. The Hall–Kier alpha value is -4.12. The molecule has 2 heterocycles. The highest BCUT2D eigenvalue weighted by Crippen LogP contribution is 2.25. The van der Waals surface area contributed by atoms with Crippen molar-refractivity contribution < 1.29 is 18.0 Å². The Morgan fingerprint density at radius 3 is 2.54 bits per heavy atom. The molecule has 11 heteroatoms. The van der Waals surface area contributed by atoms with Crippen LogP contribution in [0.2, 0.25) is 0 Å². The van der Waals surface area contributed by atoms with Gasteiger partial charge in [0.05, 0.1) is 17.8 Å². The average Bonchev–Trinajstić information content (AvgIpc) is 2.91. The second-order valence-corrected chi connectivity index (χ2v) is 8.56. The maximum atomic E-state index is 13.7. The zero-order valence-corrected chi connectivity index (χ0v) is 19.8. The number of nitrogens with zero attached hydrogens (tertiary/aromatic N) is 4. The third-order valence-electron chi connectivity index (χ3n) is 5.79. The van der Waals surface area contributed by atoms with E-state index in [9.17, 15) is 22.8 Å². The molecule has 37 heavy (non-hydrogen) atoms. The molecule has 1 amide bonds. The highest BCUT2D eigenvalue weighted by Gasteiger charge is 2.17. The van der Waals surface area contributed by atoms with E-state index in [2.05, 4.69) is 20.4 Å². The number of hydrogen-bond acceptors (Lipinski definition) is 6. The van der Waals surface area contributed by atoms with Crippen LogP contribution in [0.1, 0.15) is 35.4 Å². The number of rotatable bonds is 9. The van der Waals surface area contributed by atoms with E-state index in [1.165, 1.54) is 29.2 Å². The smallest absolute Gasteiger partial charge is 0.266 e. The molecule has 1 aliphatic rings. The molecule has 1 aromatic carbocycles. The maximum absolute atomic E-state index is 13.7. The van der Waals surface area contributed by atoms with Crippen LogP contribution in [0.5, 0.6) is 0 Å². The molecule has 0 bridgehead atoms. The Labute approximate surface area is 210 Å². The molecule has 1 atom stereocenters. The zero-order chi connectivity index (χ0) is 26.4. The largest absolute Gasteiger partial charge is 0.352 e. The maximum Gasteiger partial charge on any atom is 0.266 e. The number of carbonyl (C=O) groups excluding carboxylic acids is 1. The van der Waals surface area contributed by atoms with Crippen LogP contribution in [0.3, 0.4) is 0 Å². The van der Waals surface area contributed by atoms with Crippen molar-refractivity contribution in [1.82, 2.24) is 25.1 Å². The second-order valence-electron chi connectivity index (χ2n) is 8.56. The third kappa shape index (κ3) is 6.36. The van der Waals surface area contributed by atoms with E-state index in [0.717, 1.165) is 30.5 Å². The van der Waals surface area contributed by atoms with Crippen LogP contribution in [0.4, 0.5) is 13.2 Å². The number of nitrogens with one attached hydrogen (secondary N) is 1. The lowest BCUT2D eigenvalue weighted by molar-refractivity contribution is 0.0952. The summed E-state index contributed by atoms with van der Waals surface area (Å²) in [5.74, 6) is -4.23. The molecule has 1 aliphatic carbocycles. The number of carbonyl (C=O) groups is 1. The Bertz CT molecular complexity index is 1380. The Kier molecular flexibility index (Phi) is 8.24. The number of nitrogens with two attached hydrogens (primary N) is 1. The monoisotopic (exact) mass is 510 g/mol. The van der Waals surface area contributed by atoms with Gasteiger partial charge in [-0.2, -0.15) is 5.10 Å². The number of benzene rings is 1. The van der Waals surface area contributed by atoms with Gasteiger partial charge in [0.25, 0.3) is 11.5 Å². The molecule has 1 unspecified atom stereocenters. The molecule has 0 aliphatic heterocycles. The fourth-order valence-electron chi connectivity index (χ4n) is 3.85. The van der Waals surface area contributed by atoms with Gasteiger partial charge in [0.2, 0.25) is 0 Å². The molecule has 0 saturated heterocycles. The normalized spacial score (nSPS) is 14.9. The molecular weight excluding hydrogens is 485 g/mol. The molecule has 4 rings (SSSR count). The molecule has 8 nitrogen and oxygen atoms in total. The van der Waals surface area contributed by atoms with E-state index in [1.807, 2.05) is 18.2 Å². The molecule has 3 aromatic rings. The fraction of sp³-hybridized carbons (Fsp3) is 0.269. The summed E-state index contributed by atoms with van der Waals surface area (Å²) in [5.41, 5.74) is 6.27. The van der Waals surface area contributed by atoms with Gasteiger partial charge >= 0.3 is 0 Å². The minimum Gasteiger partial charge on any atom is -0.352 e. The summed E-state index contributed by atoms with van der Waals surface area (Å²) in [6.07, 6.45) is 10.8. The van der Waals surface area contributed by atoms with Gasteiger partial charge in [-0.15, -0.1) is 0 Å². The van der Waals surface area contributed by atoms with Crippen LogP contribution in [0.15, 0.2) is 59.7 Å². The van der Waals surface area contributed by atoms with Crippen LogP contribution < -0.4 is 16.6 Å². The van der Waals surface area contributed by atoms with Crippen molar-refractivity contribution in [2.45, 2.75) is 25.8 Å². The van der Waals surface area contributed by atoms with Gasteiger partial charge in [-0.1, -0.05) is 18.2 Å². The standard InChI is InChI=1S/C26H25F3N6O2/c27-20-11-18(12-21(28)24(20)29)22-6-7-23(36)35(34-22)15-16-4-3-5-17(10-16)25-32-13-19(14-33-25)26(37)31-9-2-1-8-30/h3,5-7,10-14,16H,1-2,4,8-9,15,30H2,(H,31,37).